The van der Waals surface area contributed by atoms with Crippen molar-refractivity contribution in [3.05, 3.63) is 0 Å². The van der Waals surface area contributed by atoms with Crippen LogP contribution in [-0.2, 0) is 0 Å². The van der Waals surface area contributed by atoms with Crippen LogP contribution in [0.5, 0.6) is 0 Å². The molecular formula is C10H16OS. The van der Waals surface area contributed by atoms with E-state index in [2.05, 4.69) is 20.8 Å². The summed E-state index contributed by atoms with van der Waals surface area (Å²) in [6, 6.07) is 0. The van der Waals surface area contributed by atoms with E-state index < -0.39 is 0 Å². The number of aliphatic hydroxyl groups excluding tert-OH is 1. The topological polar surface area (TPSA) is 20.2 Å². The first kappa shape index (κ1) is 8.64. The summed E-state index contributed by atoms with van der Waals surface area (Å²) >= 11 is 5.31. The number of hydrogen-bond donors (Lipinski definition) is 1. The minimum atomic E-state index is -0.311. The lowest BCUT2D eigenvalue weighted by Crippen LogP contribution is -2.33. The molecule has 0 radical (unpaired) electrons. The Morgan fingerprint density at radius 1 is 1.42 bits per heavy atom. The van der Waals surface area contributed by atoms with Crippen LogP contribution < -0.4 is 0 Å². The average Bonchev–Trinajstić information content (AvgIpc) is 2.26. The number of thiocarbonyl (C=S) groups is 1. The number of rotatable bonds is 0. The zero-order valence-electron chi connectivity index (χ0n) is 7.92. The van der Waals surface area contributed by atoms with E-state index in [1.54, 1.807) is 0 Å². The molecule has 3 unspecified atom stereocenters. The van der Waals surface area contributed by atoms with Gasteiger partial charge >= 0.3 is 0 Å². The van der Waals surface area contributed by atoms with E-state index in [1.807, 2.05) is 0 Å². The molecule has 0 amide bonds. The van der Waals surface area contributed by atoms with Crippen molar-refractivity contribution in [2.24, 2.45) is 16.7 Å². The molecule has 12 heavy (non-hydrogen) atoms. The zero-order chi connectivity index (χ0) is 9.15. The first-order valence-electron chi connectivity index (χ1n) is 4.63. The summed E-state index contributed by atoms with van der Waals surface area (Å²) in [7, 11) is 0. The zero-order valence-corrected chi connectivity index (χ0v) is 8.74. The summed E-state index contributed by atoms with van der Waals surface area (Å²) in [5.41, 5.74) is 0.329. The maximum absolute atomic E-state index is 9.85. The van der Waals surface area contributed by atoms with Crippen LogP contribution in [0.4, 0.5) is 0 Å². The van der Waals surface area contributed by atoms with Gasteiger partial charge in [0.25, 0.3) is 0 Å². The van der Waals surface area contributed by atoms with Crippen LogP contribution in [0.2, 0.25) is 0 Å². The number of aliphatic hydroxyl groups is 1. The van der Waals surface area contributed by atoms with Gasteiger partial charge in [0.15, 0.2) is 0 Å². The summed E-state index contributed by atoms with van der Waals surface area (Å²) in [5, 5.41) is 9.85. The molecule has 2 fully saturated rings. The molecule has 0 aromatic heterocycles. The fraction of sp³-hybridized carbons (Fsp3) is 0.900. The van der Waals surface area contributed by atoms with Gasteiger partial charge in [-0.3, -0.25) is 0 Å². The Morgan fingerprint density at radius 3 is 2.25 bits per heavy atom. The molecule has 0 heterocycles. The summed E-state index contributed by atoms with van der Waals surface area (Å²) in [5.74, 6) is 0.412. The molecule has 0 spiro atoms. The lowest BCUT2D eigenvalue weighted by Gasteiger charge is -2.33. The predicted molar refractivity (Wildman–Crippen MR) is 53.2 cm³/mol. The summed E-state index contributed by atoms with van der Waals surface area (Å²) in [4.78, 5) is 0.906. The maximum Gasteiger partial charge on any atom is 0.0891 e. The van der Waals surface area contributed by atoms with Crippen molar-refractivity contribution in [3.8, 4) is 0 Å². The molecule has 2 bridgehead atoms. The highest BCUT2D eigenvalue weighted by Crippen LogP contribution is 2.63. The van der Waals surface area contributed by atoms with Crippen LogP contribution in [0.25, 0.3) is 0 Å². The van der Waals surface area contributed by atoms with E-state index in [1.165, 1.54) is 6.42 Å². The van der Waals surface area contributed by atoms with E-state index in [9.17, 15) is 5.11 Å². The molecule has 0 saturated heterocycles. The third-order valence-electron chi connectivity index (χ3n) is 4.50. The molecule has 0 aromatic carbocycles. The van der Waals surface area contributed by atoms with Crippen molar-refractivity contribution in [1.82, 2.24) is 0 Å². The molecule has 1 N–H and O–H groups in total. The molecule has 0 aliphatic heterocycles. The Kier molecular flexibility index (Phi) is 1.51. The van der Waals surface area contributed by atoms with Gasteiger partial charge in [0.2, 0.25) is 0 Å². The largest absolute Gasteiger partial charge is 0.388 e. The minimum Gasteiger partial charge on any atom is -0.388 e. The first-order chi connectivity index (χ1) is 5.41. The fourth-order valence-corrected chi connectivity index (χ4v) is 3.57. The normalized spacial score (nSPS) is 50.2. The summed E-state index contributed by atoms with van der Waals surface area (Å²) in [6.07, 6.45) is 2.00. The van der Waals surface area contributed by atoms with E-state index in [0.717, 1.165) is 11.3 Å². The Bertz CT molecular complexity index is 246. The van der Waals surface area contributed by atoms with Crippen molar-refractivity contribution < 1.29 is 5.11 Å². The van der Waals surface area contributed by atoms with E-state index in [-0.39, 0.29) is 16.9 Å². The van der Waals surface area contributed by atoms with E-state index >= 15 is 0 Å². The number of hydrogen-bond acceptors (Lipinski definition) is 2. The quantitative estimate of drug-likeness (QED) is 0.582. The van der Waals surface area contributed by atoms with Crippen molar-refractivity contribution in [2.45, 2.75) is 39.7 Å². The van der Waals surface area contributed by atoms with Gasteiger partial charge in [-0.1, -0.05) is 33.0 Å². The molecule has 3 atom stereocenters. The Balaban J connectivity index is 2.50. The second-order valence-corrected chi connectivity index (χ2v) is 5.45. The van der Waals surface area contributed by atoms with Crippen LogP contribution in [0.3, 0.4) is 0 Å². The van der Waals surface area contributed by atoms with Gasteiger partial charge < -0.3 is 5.11 Å². The third-order valence-corrected chi connectivity index (χ3v) is 5.19. The van der Waals surface area contributed by atoms with Gasteiger partial charge in [-0.2, -0.15) is 0 Å². The van der Waals surface area contributed by atoms with Gasteiger partial charge in [0.1, 0.15) is 0 Å². The van der Waals surface area contributed by atoms with Gasteiger partial charge in [-0.05, 0) is 24.2 Å². The molecule has 2 saturated carbocycles. The summed E-state index contributed by atoms with van der Waals surface area (Å²) < 4.78 is 0. The highest BCUT2D eigenvalue weighted by molar-refractivity contribution is 7.80. The molecule has 2 aliphatic rings. The SMILES string of the molecule is CC12CCC(C(O)C1=S)C2(C)C. The number of fused-ring (bicyclic) bond motifs is 2. The monoisotopic (exact) mass is 184 g/mol. The van der Waals surface area contributed by atoms with Gasteiger partial charge in [0, 0.05) is 10.3 Å². The highest BCUT2D eigenvalue weighted by atomic mass is 32.1. The van der Waals surface area contributed by atoms with Gasteiger partial charge in [-0.15, -0.1) is 0 Å². The van der Waals surface area contributed by atoms with E-state index in [4.69, 9.17) is 12.2 Å². The Labute approximate surface area is 79.2 Å². The molecule has 2 heteroatoms. The van der Waals surface area contributed by atoms with Crippen LogP contribution >= 0.6 is 12.2 Å². The van der Waals surface area contributed by atoms with Crippen molar-refractivity contribution in [3.63, 3.8) is 0 Å². The third kappa shape index (κ3) is 0.670. The molecule has 2 rings (SSSR count). The lowest BCUT2D eigenvalue weighted by atomic mass is 9.71. The second-order valence-electron chi connectivity index (χ2n) is 5.01. The van der Waals surface area contributed by atoms with Crippen molar-refractivity contribution in [1.29, 1.82) is 0 Å². The van der Waals surface area contributed by atoms with Gasteiger partial charge in [0.05, 0.1) is 6.10 Å². The second kappa shape index (κ2) is 2.10. The Hall–Kier alpha value is 0.0500. The summed E-state index contributed by atoms with van der Waals surface area (Å²) in [6.45, 7) is 6.70. The van der Waals surface area contributed by atoms with Crippen molar-refractivity contribution >= 4 is 17.1 Å². The van der Waals surface area contributed by atoms with Crippen LogP contribution in [0.15, 0.2) is 0 Å². The highest BCUT2D eigenvalue weighted by Gasteiger charge is 2.63. The van der Waals surface area contributed by atoms with E-state index in [0.29, 0.717) is 5.92 Å². The minimum absolute atomic E-state index is 0.117. The molecule has 0 aromatic rings. The maximum atomic E-state index is 9.85. The van der Waals surface area contributed by atoms with Crippen LogP contribution in [0.1, 0.15) is 33.6 Å². The van der Waals surface area contributed by atoms with Crippen molar-refractivity contribution in [2.75, 3.05) is 0 Å². The van der Waals surface area contributed by atoms with Gasteiger partial charge in [-0.25, -0.2) is 0 Å². The molecule has 2 aliphatic carbocycles. The predicted octanol–water partition coefficient (Wildman–Crippen LogP) is 2.17. The first-order valence-corrected chi connectivity index (χ1v) is 5.04. The molecule has 1 nitrogen and oxygen atoms in total. The van der Waals surface area contributed by atoms with Crippen LogP contribution in [-0.4, -0.2) is 16.1 Å². The van der Waals surface area contributed by atoms with Crippen LogP contribution in [0, 0.1) is 16.7 Å². The smallest absolute Gasteiger partial charge is 0.0891 e. The molecular weight excluding hydrogens is 168 g/mol. The standard InChI is InChI=1S/C10H16OS/c1-9(2)6-4-5-10(9,3)8(12)7(6)11/h6-7,11H,4-5H2,1-3H3. The Morgan fingerprint density at radius 2 is 2.00 bits per heavy atom. The average molecular weight is 184 g/mol. The molecule has 68 valence electrons. The lowest BCUT2D eigenvalue weighted by molar-refractivity contribution is 0.115. The fourth-order valence-electron chi connectivity index (χ4n) is 3.04.